The van der Waals surface area contributed by atoms with Gasteiger partial charge in [-0.3, -0.25) is 9.59 Å². The number of methoxy groups -OCH3 is 4. The summed E-state index contributed by atoms with van der Waals surface area (Å²) in [5, 5.41) is 0. The van der Waals surface area contributed by atoms with E-state index < -0.39 is 5.92 Å². The molecule has 0 radical (unpaired) electrons. The van der Waals surface area contributed by atoms with Crippen molar-refractivity contribution in [1.82, 2.24) is 4.90 Å². The number of amides is 2. The summed E-state index contributed by atoms with van der Waals surface area (Å²) in [6, 6.07) is 10.8. The number of hydrogen-bond acceptors (Lipinski definition) is 6. The van der Waals surface area contributed by atoms with Crippen LogP contribution in [0.25, 0.3) is 0 Å². The maximum Gasteiger partial charge on any atom is 0.228 e. The van der Waals surface area contributed by atoms with Crippen LogP contribution >= 0.6 is 0 Å². The quantitative estimate of drug-likeness (QED) is 0.638. The molecule has 33 heavy (non-hydrogen) atoms. The van der Waals surface area contributed by atoms with Crippen molar-refractivity contribution in [2.75, 3.05) is 46.4 Å². The molecule has 4 rings (SSSR count). The molecular weight excluding hydrogens is 424 g/mol. The normalized spacial score (nSPS) is 20.2. The Morgan fingerprint density at radius 2 is 1.58 bits per heavy atom. The first kappa shape index (κ1) is 22.8. The van der Waals surface area contributed by atoms with E-state index in [1.807, 2.05) is 23.1 Å². The van der Waals surface area contributed by atoms with E-state index in [9.17, 15) is 9.59 Å². The summed E-state index contributed by atoms with van der Waals surface area (Å²) in [6.45, 7) is 0.955. The highest BCUT2D eigenvalue weighted by atomic mass is 16.5. The lowest BCUT2D eigenvalue weighted by atomic mass is 10.0. The lowest BCUT2D eigenvalue weighted by Gasteiger charge is -2.29. The molecule has 2 aliphatic rings. The van der Waals surface area contributed by atoms with Crippen molar-refractivity contribution in [3.8, 4) is 23.0 Å². The van der Waals surface area contributed by atoms with Crippen molar-refractivity contribution in [2.45, 2.75) is 25.3 Å². The fourth-order valence-electron chi connectivity index (χ4n) is 4.80. The summed E-state index contributed by atoms with van der Waals surface area (Å²) in [5.74, 6) is 2.10. The average molecular weight is 455 g/mol. The smallest absolute Gasteiger partial charge is 0.228 e. The Labute approximate surface area is 194 Å². The molecule has 0 bridgehead atoms. The maximum absolute atomic E-state index is 13.6. The van der Waals surface area contributed by atoms with E-state index in [-0.39, 0.29) is 24.3 Å². The number of hydrogen-bond donors (Lipinski definition) is 0. The van der Waals surface area contributed by atoms with Crippen molar-refractivity contribution in [3.05, 3.63) is 42.0 Å². The Kier molecular flexibility index (Phi) is 6.62. The molecule has 176 valence electrons. The predicted molar refractivity (Wildman–Crippen MR) is 123 cm³/mol. The second kappa shape index (κ2) is 9.60. The van der Waals surface area contributed by atoms with E-state index in [1.165, 1.54) is 0 Å². The van der Waals surface area contributed by atoms with Crippen molar-refractivity contribution in [2.24, 2.45) is 5.92 Å². The lowest BCUT2D eigenvalue weighted by molar-refractivity contribution is -0.136. The third-order valence-electron chi connectivity index (χ3n) is 6.48. The highest BCUT2D eigenvalue weighted by Crippen LogP contribution is 2.41. The fraction of sp³-hybridized carbons (Fsp3) is 0.440. The van der Waals surface area contributed by atoms with Gasteiger partial charge in [0, 0.05) is 31.1 Å². The first-order chi connectivity index (χ1) is 16.0. The first-order valence-corrected chi connectivity index (χ1v) is 11.1. The first-order valence-electron chi connectivity index (χ1n) is 11.1. The maximum atomic E-state index is 13.6. The van der Waals surface area contributed by atoms with Crippen LogP contribution in [0.4, 0.5) is 5.69 Å². The van der Waals surface area contributed by atoms with Crippen LogP contribution in [0.15, 0.2) is 36.4 Å². The number of ether oxygens (including phenoxy) is 4. The van der Waals surface area contributed by atoms with E-state index in [2.05, 4.69) is 0 Å². The average Bonchev–Trinajstić information content (AvgIpc) is 3.49. The van der Waals surface area contributed by atoms with Gasteiger partial charge >= 0.3 is 0 Å². The van der Waals surface area contributed by atoms with Crippen LogP contribution in [0, 0.1) is 5.92 Å². The molecular formula is C25H30N2O6. The Balaban J connectivity index is 1.57. The van der Waals surface area contributed by atoms with E-state index in [1.54, 1.807) is 51.5 Å². The molecule has 0 saturated carbocycles. The summed E-state index contributed by atoms with van der Waals surface area (Å²) >= 11 is 0. The molecule has 8 heteroatoms. The zero-order valence-corrected chi connectivity index (χ0v) is 19.5. The van der Waals surface area contributed by atoms with E-state index in [0.29, 0.717) is 30.3 Å². The Bertz CT molecular complexity index is 1040. The zero-order chi connectivity index (χ0) is 23.5. The predicted octanol–water partition coefficient (Wildman–Crippen LogP) is 3.44. The van der Waals surface area contributed by atoms with Crippen LogP contribution < -0.4 is 23.8 Å². The van der Waals surface area contributed by atoms with E-state index in [0.717, 1.165) is 29.9 Å². The lowest BCUT2D eigenvalue weighted by Crippen LogP contribution is -2.37. The van der Waals surface area contributed by atoms with Crippen molar-refractivity contribution in [1.29, 1.82) is 0 Å². The topological polar surface area (TPSA) is 77.5 Å². The van der Waals surface area contributed by atoms with Gasteiger partial charge in [0.15, 0.2) is 0 Å². The molecule has 0 N–H and O–H groups in total. The second-order valence-corrected chi connectivity index (χ2v) is 8.24. The molecule has 0 aromatic heterocycles. The van der Waals surface area contributed by atoms with Gasteiger partial charge in [-0.2, -0.15) is 0 Å². The Morgan fingerprint density at radius 1 is 0.909 bits per heavy atom. The minimum absolute atomic E-state index is 0.0138. The van der Waals surface area contributed by atoms with Gasteiger partial charge in [-0.05, 0) is 43.2 Å². The molecule has 2 unspecified atom stereocenters. The van der Waals surface area contributed by atoms with Crippen LogP contribution in [0.3, 0.4) is 0 Å². The van der Waals surface area contributed by atoms with Crippen LogP contribution in [-0.4, -0.2) is 58.2 Å². The van der Waals surface area contributed by atoms with Gasteiger partial charge in [-0.1, -0.05) is 0 Å². The van der Waals surface area contributed by atoms with Gasteiger partial charge in [0.2, 0.25) is 11.8 Å². The number of carbonyl (C=O) groups excluding carboxylic acids is 2. The molecule has 2 fully saturated rings. The fourth-order valence-corrected chi connectivity index (χ4v) is 4.80. The van der Waals surface area contributed by atoms with Crippen molar-refractivity contribution < 1.29 is 28.5 Å². The molecule has 2 saturated heterocycles. The van der Waals surface area contributed by atoms with E-state index in [4.69, 9.17) is 18.9 Å². The zero-order valence-electron chi connectivity index (χ0n) is 19.5. The summed E-state index contributed by atoms with van der Waals surface area (Å²) in [4.78, 5) is 30.1. The highest BCUT2D eigenvalue weighted by Gasteiger charge is 2.42. The number of anilines is 1. The molecule has 0 aliphatic carbocycles. The molecule has 0 spiro atoms. The monoisotopic (exact) mass is 454 g/mol. The van der Waals surface area contributed by atoms with Gasteiger partial charge in [0.25, 0.3) is 0 Å². The SMILES string of the molecule is COc1ccc(OC)c(C2CCCN2C(=O)C2CC(=O)N(c3cc(OC)ccc3OC)C2)c1. The number of carbonyl (C=O) groups is 2. The third kappa shape index (κ3) is 4.29. The molecule has 2 aromatic carbocycles. The Hall–Kier alpha value is -3.42. The minimum atomic E-state index is -0.425. The summed E-state index contributed by atoms with van der Waals surface area (Å²) < 4.78 is 21.7. The molecule has 2 amide bonds. The van der Waals surface area contributed by atoms with Gasteiger partial charge in [0.05, 0.1) is 46.1 Å². The largest absolute Gasteiger partial charge is 0.497 e. The minimum Gasteiger partial charge on any atom is -0.497 e. The second-order valence-electron chi connectivity index (χ2n) is 8.24. The van der Waals surface area contributed by atoms with Gasteiger partial charge < -0.3 is 28.7 Å². The summed E-state index contributed by atoms with van der Waals surface area (Å²) in [5.41, 5.74) is 1.54. The number of rotatable bonds is 7. The van der Waals surface area contributed by atoms with Crippen LogP contribution in [-0.2, 0) is 9.59 Å². The van der Waals surface area contributed by atoms with Crippen LogP contribution in [0.1, 0.15) is 30.9 Å². The van der Waals surface area contributed by atoms with Crippen LogP contribution in [0.5, 0.6) is 23.0 Å². The molecule has 2 atom stereocenters. The number of likely N-dealkylation sites (tertiary alicyclic amines) is 1. The van der Waals surface area contributed by atoms with E-state index >= 15 is 0 Å². The number of benzene rings is 2. The van der Waals surface area contributed by atoms with Gasteiger partial charge in [0.1, 0.15) is 23.0 Å². The van der Waals surface area contributed by atoms with Crippen molar-refractivity contribution in [3.63, 3.8) is 0 Å². The molecule has 2 heterocycles. The van der Waals surface area contributed by atoms with Gasteiger partial charge in [-0.25, -0.2) is 0 Å². The van der Waals surface area contributed by atoms with Crippen molar-refractivity contribution >= 4 is 17.5 Å². The molecule has 2 aromatic rings. The third-order valence-corrected chi connectivity index (χ3v) is 6.48. The number of nitrogens with zero attached hydrogens (tertiary/aromatic N) is 2. The Morgan fingerprint density at radius 3 is 2.24 bits per heavy atom. The molecule has 8 nitrogen and oxygen atoms in total. The summed E-state index contributed by atoms with van der Waals surface area (Å²) in [7, 11) is 6.38. The highest BCUT2D eigenvalue weighted by molar-refractivity contribution is 6.01. The van der Waals surface area contributed by atoms with Gasteiger partial charge in [-0.15, -0.1) is 0 Å². The summed E-state index contributed by atoms with van der Waals surface area (Å²) in [6.07, 6.45) is 1.89. The standard InChI is InChI=1S/C25H30N2O6/c1-30-17-7-9-22(32-3)19(13-17)20-6-5-11-26(20)25(29)16-12-24(28)27(15-16)21-14-18(31-2)8-10-23(21)33-4/h7-10,13-14,16,20H,5-6,11-12,15H2,1-4H3. The van der Waals surface area contributed by atoms with Crippen LogP contribution in [0.2, 0.25) is 0 Å². The molecule has 2 aliphatic heterocycles.